The maximum absolute atomic E-state index is 14.0. The topological polar surface area (TPSA) is 67.7 Å². The van der Waals surface area contributed by atoms with Crippen molar-refractivity contribution >= 4 is 11.8 Å². The number of carbonyl (C=O) groups excluding carboxylic acids is 2. The van der Waals surface area contributed by atoms with Gasteiger partial charge in [-0.15, -0.1) is 0 Å². The molecule has 4 rings (SSSR count). The van der Waals surface area contributed by atoms with Crippen molar-refractivity contribution in [3.05, 3.63) is 48.0 Å². The van der Waals surface area contributed by atoms with E-state index in [9.17, 15) is 14.0 Å². The largest absolute Gasteiger partial charge is 0.372 e. The minimum absolute atomic E-state index is 0.0453. The van der Waals surface area contributed by atoms with E-state index in [0.29, 0.717) is 44.7 Å². The second-order valence-electron chi connectivity index (χ2n) is 8.16. The number of nitrogens with zero attached hydrogens (tertiary/aromatic N) is 4. The molecule has 3 heterocycles. The van der Waals surface area contributed by atoms with Crippen molar-refractivity contribution in [1.29, 1.82) is 0 Å². The number of para-hydroxylation sites is 1. The fraction of sp³-hybridized carbons (Fsp3) is 0.500. The molecule has 2 fully saturated rings. The second-order valence-corrected chi connectivity index (χ2v) is 8.16. The molecule has 2 atom stereocenters. The molecule has 8 heteroatoms. The molecule has 2 amide bonds. The van der Waals surface area contributed by atoms with Crippen molar-refractivity contribution in [3.8, 4) is 5.69 Å². The summed E-state index contributed by atoms with van der Waals surface area (Å²) in [4.78, 5) is 29.4. The van der Waals surface area contributed by atoms with Crippen molar-refractivity contribution in [2.24, 2.45) is 5.92 Å². The van der Waals surface area contributed by atoms with Crippen molar-refractivity contribution in [3.63, 3.8) is 0 Å². The van der Waals surface area contributed by atoms with E-state index in [0.717, 1.165) is 0 Å². The van der Waals surface area contributed by atoms with E-state index >= 15 is 0 Å². The van der Waals surface area contributed by atoms with Crippen LogP contribution in [0.15, 0.2) is 36.5 Å². The Morgan fingerprint density at radius 2 is 1.70 bits per heavy atom. The second kappa shape index (κ2) is 8.55. The highest BCUT2D eigenvalue weighted by Gasteiger charge is 2.34. The summed E-state index contributed by atoms with van der Waals surface area (Å²) in [6.45, 7) is 6.23. The molecule has 2 aliphatic heterocycles. The van der Waals surface area contributed by atoms with Crippen LogP contribution < -0.4 is 0 Å². The lowest BCUT2D eigenvalue weighted by atomic mass is 9.94. The number of aromatic nitrogens is 2. The lowest BCUT2D eigenvalue weighted by molar-refractivity contribution is -0.148. The number of amides is 2. The number of hydrogen-bond acceptors (Lipinski definition) is 4. The third-order valence-electron chi connectivity index (χ3n) is 5.77. The van der Waals surface area contributed by atoms with Crippen LogP contribution in [0.1, 0.15) is 37.2 Å². The van der Waals surface area contributed by atoms with Crippen LogP contribution in [0.25, 0.3) is 5.69 Å². The average Bonchev–Trinajstić information content (AvgIpc) is 3.22. The third-order valence-corrected chi connectivity index (χ3v) is 5.77. The number of piperidine rings is 1. The molecule has 0 aliphatic carbocycles. The monoisotopic (exact) mass is 414 g/mol. The molecule has 0 saturated carbocycles. The van der Waals surface area contributed by atoms with Crippen LogP contribution >= 0.6 is 0 Å². The van der Waals surface area contributed by atoms with Gasteiger partial charge in [-0.25, -0.2) is 9.07 Å². The van der Waals surface area contributed by atoms with Gasteiger partial charge in [-0.3, -0.25) is 9.59 Å². The average molecular weight is 414 g/mol. The zero-order valence-electron chi connectivity index (χ0n) is 17.3. The molecule has 0 spiro atoms. The molecule has 160 valence electrons. The number of ether oxygens (including phenoxy) is 1. The van der Waals surface area contributed by atoms with Crippen LogP contribution in [0.4, 0.5) is 4.39 Å². The summed E-state index contributed by atoms with van der Waals surface area (Å²) in [6.07, 6.45) is 2.95. The molecule has 0 radical (unpaired) electrons. The van der Waals surface area contributed by atoms with Gasteiger partial charge in [0.2, 0.25) is 5.91 Å². The number of halogens is 1. The Labute approximate surface area is 175 Å². The molecule has 0 bridgehead atoms. The minimum atomic E-state index is -0.398. The first-order chi connectivity index (χ1) is 14.4. The fourth-order valence-corrected chi connectivity index (χ4v) is 4.32. The number of carbonyl (C=O) groups is 2. The Balaban J connectivity index is 1.36. The van der Waals surface area contributed by atoms with E-state index in [1.807, 2.05) is 18.7 Å². The first kappa shape index (κ1) is 20.5. The molecule has 1 aromatic carbocycles. The summed E-state index contributed by atoms with van der Waals surface area (Å²) in [7, 11) is 0. The number of morpholine rings is 1. The first-order valence-corrected chi connectivity index (χ1v) is 10.5. The van der Waals surface area contributed by atoms with Crippen molar-refractivity contribution in [1.82, 2.24) is 19.6 Å². The van der Waals surface area contributed by atoms with E-state index in [-0.39, 0.29) is 35.6 Å². The van der Waals surface area contributed by atoms with Gasteiger partial charge in [-0.05, 0) is 44.9 Å². The predicted molar refractivity (Wildman–Crippen MR) is 109 cm³/mol. The van der Waals surface area contributed by atoms with Crippen LogP contribution in [0.2, 0.25) is 0 Å². The van der Waals surface area contributed by atoms with Gasteiger partial charge >= 0.3 is 0 Å². The number of hydrogen-bond donors (Lipinski definition) is 0. The first-order valence-electron chi connectivity index (χ1n) is 10.5. The normalized spacial score (nSPS) is 22.9. The standard InChI is InChI=1S/C22H27FN4O3/c1-15-13-26(14-16(2)30-15)21(28)17-7-10-25(11-8-17)22(29)19-9-12-27(24-19)20-6-4-3-5-18(20)23/h3-6,9,12,15-17H,7-8,10-11,13-14H2,1-2H3. The Morgan fingerprint density at radius 1 is 1.03 bits per heavy atom. The highest BCUT2D eigenvalue weighted by Crippen LogP contribution is 2.23. The minimum Gasteiger partial charge on any atom is -0.372 e. The third kappa shape index (κ3) is 4.23. The van der Waals surface area contributed by atoms with Crippen molar-refractivity contribution in [2.45, 2.75) is 38.9 Å². The van der Waals surface area contributed by atoms with E-state index in [2.05, 4.69) is 5.10 Å². The number of benzene rings is 1. The Morgan fingerprint density at radius 3 is 2.37 bits per heavy atom. The SMILES string of the molecule is CC1CN(C(=O)C2CCN(C(=O)c3ccn(-c4ccccc4F)n3)CC2)CC(C)O1. The van der Waals surface area contributed by atoms with Gasteiger partial charge in [0.1, 0.15) is 11.5 Å². The molecule has 2 saturated heterocycles. The van der Waals surface area contributed by atoms with E-state index in [4.69, 9.17) is 4.74 Å². The fourth-order valence-electron chi connectivity index (χ4n) is 4.32. The van der Waals surface area contributed by atoms with Gasteiger partial charge in [0.25, 0.3) is 5.91 Å². The van der Waals surface area contributed by atoms with Crippen LogP contribution in [-0.2, 0) is 9.53 Å². The number of likely N-dealkylation sites (tertiary alicyclic amines) is 1. The van der Waals surface area contributed by atoms with Gasteiger partial charge in [-0.2, -0.15) is 5.10 Å². The van der Waals surface area contributed by atoms with Crippen LogP contribution in [-0.4, -0.2) is 69.8 Å². The molecule has 0 N–H and O–H groups in total. The molecular weight excluding hydrogens is 387 g/mol. The molecule has 2 unspecified atom stereocenters. The molecular formula is C22H27FN4O3. The maximum atomic E-state index is 14.0. The van der Waals surface area contributed by atoms with Gasteiger partial charge in [0, 0.05) is 38.3 Å². The van der Waals surface area contributed by atoms with E-state index in [1.54, 1.807) is 35.4 Å². The number of rotatable bonds is 3. The van der Waals surface area contributed by atoms with Gasteiger partial charge in [0.05, 0.1) is 12.2 Å². The van der Waals surface area contributed by atoms with Crippen LogP contribution in [0.3, 0.4) is 0 Å². The van der Waals surface area contributed by atoms with E-state index < -0.39 is 5.82 Å². The molecule has 2 aliphatic rings. The van der Waals surface area contributed by atoms with Crippen molar-refractivity contribution in [2.75, 3.05) is 26.2 Å². The predicted octanol–water partition coefficient (Wildman–Crippen LogP) is 2.50. The van der Waals surface area contributed by atoms with Crippen molar-refractivity contribution < 1.29 is 18.7 Å². The van der Waals surface area contributed by atoms with Gasteiger partial charge in [0.15, 0.2) is 5.69 Å². The summed E-state index contributed by atoms with van der Waals surface area (Å²) in [5, 5.41) is 4.26. The summed E-state index contributed by atoms with van der Waals surface area (Å²) in [5.74, 6) is -0.495. The van der Waals surface area contributed by atoms with Gasteiger partial charge < -0.3 is 14.5 Å². The zero-order chi connectivity index (χ0) is 21.3. The highest BCUT2D eigenvalue weighted by molar-refractivity contribution is 5.92. The quantitative estimate of drug-likeness (QED) is 0.774. The van der Waals surface area contributed by atoms with Gasteiger partial charge in [-0.1, -0.05) is 12.1 Å². The summed E-state index contributed by atoms with van der Waals surface area (Å²) in [5.41, 5.74) is 0.577. The lowest BCUT2D eigenvalue weighted by Gasteiger charge is -2.39. The molecule has 2 aromatic rings. The van der Waals surface area contributed by atoms with Crippen LogP contribution in [0.5, 0.6) is 0 Å². The molecule has 30 heavy (non-hydrogen) atoms. The Kier molecular flexibility index (Phi) is 5.85. The summed E-state index contributed by atoms with van der Waals surface area (Å²) in [6, 6.07) is 7.90. The molecule has 7 nitrogen and oxygen atoms in total. The zero-order valence-corrected chi connectivity index (χ0v) is 17.3. The Hall–Kier alpha value is -2.74. The smallest absolute Gasteiger partial charge is 0.274 e. The summed E-state index contributed by atoms with van der Waals surface area (Å²) < 4.78 is 21.0. The van der Waals surface area contributed by atoms with E-state index in [1.165, 1.54) is 10.7 Å². The lowest BCUT2D eigenvalue weighted by Crippen LogP contribution is -2.51. The highest BCUT2D eigenvalue weighted by atomic mass is 19.1. The molecule has 1 aromatic heterocycles. The van der Waals surface area contributed by atoms with Crippen LogP contribution in [0, 0.1) is 11.7 Å². The summed E-state index contributed by atoms with van der Waals surface area (Å²) >= 11 is 0. The maximum Gasteiger partial charge on any atom is 0.274 e. The Bertz CT molecular complexity index is 913.